The second-order valence-corrected chi connectivity index (χ2v) is 4.71. The van der Waals surface area contributed by atoms with Gasteiger partial charge in [-0.25, -0.2) is 0 Å². The molecule has 60 valence electrons. The van der Waals surface area contributed by atoms with E-state index in [0.29, 0.717) is 10.8 Å². The molecular formula is C9H18Cl+. The first-order chi connectivity index (χ1) is 4.55. The molecule has 0 aromatic rings. The Bertz CT molecular complexity index is 106. The highest BCUT2D eigenvalue weighted by molar-refractivity contribution is 4.85. The van der Waals surface area contributed by atoms with Crippen LogP contribution in [0.5, 0.6) is 0 Å². The van der Waals surface area contributed by atoms with Gasteiger partial charge in [0, 0.05) is 11.8 Å². The molecule has 2 unspecified atom stereocenters. The summed E-state index contributed by atoms with van der Waals surface area (Å²) in [5, 5.41) is 0.510. The van der Waals surface area contributed by atoms with Gasteiger partial charge in [-0.2, -0.15) is 0 Å². The van der Waals surface area contributed by atoms with E-state index in [4.69, 9.17) is 11.6 Å². The van der Waals surface area contributed by atoms with Crippen molar-refractivity contribution in [3.63, 3.8) is 0 Å². The van der Waals surface area contributed by atoms with Gasteiger partial charge in [-0.1, -0.05) is 20.8 Å². The fourth-order valence-corrected chi connectivity index (χ4v) is 2.07. The molecule has 0 spiro atoms. The number of halogens is 1. The molecule has 1 rings (SSSR count). The fourth-order valence-electron chi connectivity index (χ4n) is 1.67. The van der Waals surface area contributed by atoms with Gasteiger partial charge in [-0.3, -0.25) is 0 Å². The molecule has 1 aliphatic rings. The maximum atomic E-state index is 5.40. The first-order valence-electron chi connectivity index (χ1n) is 4.21. The molecular weight excluding hydrogens is 144 g/mol. The van der Waals surface area contributed by atoms with Crippen LogP contribution in [0.25, 0.3) is 0 Å². The molecule has 2 atom stereocenters. The van der Waals surface area contributed by atoms with Crippen LogP contribution in [0, 0.1) is 22.9 Å². The predicted octanol–water partition coefficient (Wildman–Crippen LogP) is 2.48. The van der Waals surface area contributed by atoms with Crippen LogP contribution >= 0.6 is 0 Å². The second kappa shape index (κ2) is 2.73. The van der Waals surface area contributed by atoms with Gasteiger partial charge in [0.15, 0.2) is 5.38 Å². The minimum Gasteiger partial charge on any atom is -0.0618 e. The molecule has 0 amide bonds. The Morgan fingerprint density at radius 2 is 1.90 bits per heavy atom. The Labute approximate surface area is 69.0 Å². The third-order valence-corrected chi connectivity index (χ3v) is 4.05. The van der Waals surface area contributed by atoms with E-state index in [1.165, 1.54) is 19.3 Å². The minimum absolute atomic E-state index is 0.410. The lowest BCUT2D eigenvalue weighted by molar-refractivity contribution is -0.454. The summed E-state index contributed by atoms with van der Waals surface area (Å²) in [5.74, 6) is 0.823. The van der Waals surface area contributed by atoms with Crippen molar-refractivity contribution in [2.75, 3.05) is 0 Å². The van der Waals surface area contributed by atoms with Crippen LogP contribution in [-0.4, -0.2) is 5.38 Å². The number of hydrogen-bond donors (Lipinski definition) is 0. The zero-order valence-electron chi connectivity index (χ0n) is 7.18. The van der Waals surface area contributed by atoms with Crippen molar-refractivity contribution >= 4 is 0 Å². The highest BCUT2D eigenvalue weighted by atomic mass is 35.5. The van der Waals surface area contributed by atoms with Crippen molar-refractivity contribution in [1.29, 1.82) is 0 Å². The molecule has 0 nitrogen and oxygen atoms in total. The van der Waals surface area contributed by atoms with Crippen molar-refractivity contribution in [3.05, 3.63) is 0 Å². The smallest absolute Gasteiger partial charge is 0.0618 e. The van der Waals surface area contributed by atoms with Gasteiger partial charge in [-0.15, -0.1) is 0 Å². The molecule has 0 bridgehead atoms. The number of alkyl halides is 1. The van der Waals surface area contributed by atoms with Gasteiger partial charge in [0.2, 0.25) is 0 Å². The maximum absolute atomic E-state index is 5.40. The van der Waals surface area contributed by atoms with E-state index in [2.05, 4.69) is 20.8 Å². The Balaban J connectivity index is 2.63. The zero-order chi connectivity index (χ0) is 7.78. The summed E-state index contributed by atoms with van der Waals surface area (Å²) >= 11 is 5.40. The molecule has 0 aromatic heterocycles. The molecule has 0 N–H and O–H groups in total. The molecule has 1 heteroatoms. The quantitative estimate of drug-likeness (QED) is 0.479. The molecule has 0 radical (unpaired) electrons. The van der Waals surface area contributed by atoms with Crippen molar-refractivity contribution in [1.82, 2.24) is 0 Å². The van der Waals surface area contributed by atoms with Gasteiger partial charge in [-0.05, 0) is 18.8 Å². The van der Waals surface area contributed by atoms with Crippen LogP contribution in [0.2, 0.25) is 0 Å². The summed E-state index contributed by atoms with van der Waals surface area (Å²) in [6.45, 7) is 6.96. The first kappa shape index (κ1) is 8.39. The van der Waals surface area contributed by atoms with Crippen molar-refractivity contribution < 1.29 is 11.6 Å². The summed E-state index contributed by atoms with van der Waals surface area (Å²) in [4.78, 5) is 0. The molecule has 1 saturated carbocycles. The van der Waals surface area contributed by atoms with Crippen LogP contribution in [0.4, 0.5) is 0 Å². The molecule has 0 aliphatic heterocycles. The van der Waals surface area contributed by atoms with E-state index >= 15 is 0 Å². The van der Waals surface area contributed by atoms with E-state index in [1.54, 1.807) is 0 Å². The lowest BCUT2D eigenvalue weighted by atomic mass is 9.69. The van der Waals surface area contributed by atoms with Crippen LogP contribution < -0.4 is 0 Å². The average molecular weight is 162 g/mol. The molecule has 10 heavy (non-hydrogen) atoms. The minimum atomic E-state index is 0.410. The Morgan fingerprint density at radius 3 is 2.30 bits per heavy atom. The van der Waals surface area contributed by atoms with Crippen LogP contribution in [-0.2, 0) is 0 Å². The van der Waals surface area contributed by atoms with Crippen molar-refractivity contribution in [3.8, 4) is 0 Å². The molecule has 0 saturated heterocycles. The topological polar surface area (TPSA) is 0 Å². The zero-order valence-corrected chi connectivity index (χ0v) is 8.00. The largest absolute Gasteiger partial charge is 0.184 e. The van der Waals surface area contributed by atoms with Crippen molar-refractivity contribution in [2.45, 2.75) is 45.4 Å². The number of rotatable bonds is 0. The highest BCUT2D eigenvalue weighted by Crippen LogP contribution is 2.40. The average Bonchev–Trinajstić information content (AvgIpc) is 1.84. The van der Waals surface area contributed by atoms with Gasteiger partial charge < -0.3 is 0 Å². The summed E-state index contributed by atoms with van der Waals surface area (Å²) in [5.41, 5.74) is 0.410. The second-order valence-electron chi connectivity index (χ2n) is 4.14. The first-order valence-corrected chi connectivity index (χ1v) is 4.68. The van der Waals surface area contributed by atoms with Crippen LogP contribution in [0.3, 0.4) is 0 Å². The lowest BCUT2D eigenvalue weighted by Gasteiger charge is -2.36. The van der Waals surface area contributed by atoms with E-state index in [-0.39, 0.29) is 0 Å². The number of hydrogen-bond acceptors (Lipinski definition) is 0. The Morgan fingerprint density at radius 1 is 1.30 bits per heavy atom. The highest BCUT2D eigenvalue weighted by Gasteiger charge is 2.41. The van der Waals surface area contributed by atoms with Gasteiger partial charge in [0.05, 0.1) is 0 Å². The van der Waals surface area contributed by atoms with E-state index in [0.717, 1.165) is 5.92 Å². The summed E-state index contributed by atoms with van der Waals surface area (Å²) in [6, 6.07) is 0. The third-order valence-electron chi connectivity index (χ3n) is 3.20. The molecule has 1 fully saturated rings. The molecule has 1 aliphatic carbocycles. The van der Waals surface area contributed by atoms with E-state index in [9.17, 15) is 0 Å². The van der Waals surface area contributed by atoms with E-state index in [1.807, 2.05) is 0 Å². The summed E-state index contributed by atoms with van der Waals surface area (Å²) < 4.78 is 0. The third kappa shape index (κ3) is 1.32. The fraction of sp³-hybridized carbons (Fsp3) is 1.00. The SMILES string of the molecule is CC1CCCC([ClH+])C1(C)C. The predicted molar refractivity (Wildman–Crippen MR) is 42.0 cm³/mol. The summed E-state index contributed by atoms with van der Waals surface area (Å²) in [7, 11) is 0. The van der Waals surface area contributed by atoms with Gasteiger partial charge in [0.25, 0.3) is 0 Å². The van der Waals surface area contributed by atoms with Crippen LogP contribution in [0.15, 0.2) is 0 Å². The Hall–Kier alpha value is 0.290. The molecule has 0 heterocycles. The Kier molecular flexibility index (Phi) is 2.29. The lowest BCUT2D eigenvalue weighted by Crippen LogP contribution is -2.37. The van der Waals surface area contributed by atoms with Crippen molar-refractivity contribution in [2.24, 2.45) is 11.3 Å². The maximum Gasteiger partial charge on any atom is 0.184 e. The monoisotopic (exact) mass is 161 g/mol. The van der Waals surface area contributed by atoms with Gasteiger partial charge in [0.1, 0.15) is 11.6 Å². The molecule has 0 aromatic carbocycles. The van der Waals surface area contributed by atoms with E-state index < -0.39 is 0 Å². The summed E-state index contributed by atoms with van der Waals surface area (Å²) in [6.07, 6.45) is 3.98. The van der Waals surface area contributed by atoms with Gasteiger partial charge >= 0.3 is 0 Å². The van der Waals surface area contributed by atoms with Crippen LogP contribution in [0.1, 0.15) is 40.0 Å². The normalized spacial score (nSPS) is 39.6. The standard InChI is InChI=1S/C9H18Cl/c1-7-5-4-6-8(10)9(7,2)3/h7-8,10H,4-6H2,1-3H3/q+1.